The molecule has 3 heterocycles. The van der Waals surface area contributed by atoms with Gasteiger partial charge in [0.05, 0.1) is 11.7 Å². The Bertz CT molecular complexity index is 909. The van der Waals surface area contributed by atoms with E-state index >= 15 is 0 Å². The fourth-order valence-electron chi connectivity index (χ4n) is 7.42. The highest BCUT2D eigenvalue weighted by atomic mass is 16.2. The second-order valence-corrected chi connectivity index (χ2v) is 11.1. The number of aromatic amines is 1. The predicted molar refractivity (Wildman–Crippen MR) is 123 cm³/mol. The number of nitrogens with zero attached hydrogens (tertiary/aromatic N) is 3. The van der Waals surface area contributed by atoms with Crippen LogP contribution in [0, 0.1) is 17.8 Å². The van der Waals surface area contributed by atoms with Crippen LogP contribution in [0.5, 0.6) is 0 Å². The number of nitrogens with one attached hydrogen (secondary N) is 1. The molecule has 0 bridgehead atoms. The van der Waals surface area contributed by atoms with E-state index in [1.54, 1.807) is 0 Å². The first kappa shape index (κ1) is 20.9. The third-order valence-corrected chi connectivity index (χ3v) is 9.26. The van der Waals surface area contributed by atoms with Crippen molar-refractivity contribution >= 4 is 5.91 Å². The molecule has 0 aromatic carbocycles. The van der Waals surface area contributed by atoms with Gasteiger partial charge in [-0.2, -0.15) is 0 Å². The summed E-state index contributed by atoms with van der Waals surface area (Å²) < 4.78 is 0. The molecular weight excluding hydrogens is 400 g/mol. The topological polar surface area (TPSA) is 69.3 Å². The van der Waals surface area contributed by atoms with E-state index in [0.29, 0.717) is 23.8 Å². The number of aromatic nitrogens is 2. The first-order valence-corrected chi connectivity index (χ1v) is 13.4. The molecule has 0 spiro atoms. The Morgan fingerprint density at radius 1 is 0.875 bits per heavy atom. The lowest BCUT2D eigenvalue weighted by atomic mass is 9.92. The summed E-state index contributed by atoms with van der Waals surface area (Å²) in [5.41, 5.74) is 1.88. The minimum Gasteiger partial charge on any atom is -0.332 e. The van der Waals surface area contributed by atoms with Gasteiger partial charge in [0, 0.05) is 37.2 Å². The summed E-state index contributed by atoms with van der Waals surface area (Å²) in [5, 5.41) is 0. The van der Waals surface area contributed by atoms with Gasteiger partial charge >= 0.3 is 0 Å². The Balaban J connectivity index is 1.24. The maximum atomic E-state index is 13.5. The summed E-state index contributed by atoms with van der Waals surface area (Å²) in [5.74, 6) is 2.58. The number of fused-ring (bicyclic) bond motifs is 2. The van der Waals surface area contributed by atoms with Crippen LogP contribution in [-0.4, -0.2) is 44.8 Å². The molecule has 3 atom stereocenters. The number of piperidine rings is 1. The molecule has 2 aliphatic heterocycles. The molecule has 3 aliphatic carbocycles. The highest BCUT2D eigenvalue weighted by Gasteiger charge is 2.56. The van der Waals surface area contributed by atoms with Crippen molar-refractivity contribution in [2.75, 3.05) is 13.1 Å². The van der Waals surface area contributed by atoms with E-state index in [1.165, 1.54) is 57.8 Å². The summed E-state index contributed by atoms with van der Waals surface area (Å²) in [6, 6.07) is 0.592. The summed E-state index contributed by atoms with van der Waals surface area (Å²) >= 11 is 0. The molecule has 0 unspecified atom stereocenters. The number of hydrogen-bond donors (Lipinski definition) is 1. The van der Waals surface area contributed by atoms with E-state index < -0.39 is 0 Å². The lowest BCUT2D eigenvalue weighted by Crippen LogP contribution is -2.44. The van der Waals surface area contributed by atoms with Crippen LogP contribution in [0.3, 0.4) is 0 Å². The Morgan fingerprint density at radius 2 is 1.59 bits per heavy atom. The number of hydrogen-bond acceptors (Lipinski definition) is 4. The average molecular weight is 439 g/mol. The first-order chi connectivity index (χ1) is 15.7. The third kappa shape index (κ3) is 3.72. The van der Waals surface area contributed by atoms with Crippen LogP contribution in [0.15, 0.2) is 4.79 Å². The molecule has 6 heteroatoms. The van der Waals surface area contributed by atoms with Crippen LogP contribution in [0.4, 0.5) is 0 Å². The number of carbonyl (C=O) groups excluding carboxylic acids is 1. The maximum Gasteiger partial charge on any atom is 0.254 e. The maximum absolute atomic E-state index is 13.5. The van der Waals surface area contributed by atoms with Gasteiger partial charge in [-0.25, -0.2) is 4.98 Å². The van der Waals surface area contributed by atoms with Gasteiger partial charge in [0.2, 0.25) is 5.91 Å². The van der Waals surface area contributed by atoms with Crippen LogP contribution >= 0.6 is 0 Å². The standard InChI is InChI=1S/C26H38N4O2/c31-25-20-13-15-29(17-8-2-1-3-9-17)16-21(20)27-24(28-25)22-12-6-7-14-30(22)26(32)23-18-10-4-5-11-19(18)23/h17-19,22-23H,1-16H2,(H,27,28,31)/t18-,19-,22-/m0/s1. The van der Waals surface area contributed by atoms with Crippen molar-refractivity contribution in [1.82, 2.24) is 19.8 Å². The summed E-state index contributed by atoms with van der Waals surface area (Å²) in [4.78, 5) is 39.4. The van der Waals surface area contributed by atoms with E-state index in [-0.39, 0.29) is 17.5 Å². The van der Waals surface area contributed by atoms with Gasteiger partial charge in [0.25, 0.3) is 5.56 Å². The number of carbonyl (C=O) groups is 1. The second-order valence-electron chi connectivity index (χ2n) is 11.1. The largest absolute Gasteiger partial charge is 0.332 e. The Morgan fingerprint density at radius 3 is 2.38 bits per heavy atom. The Hall–Kier alpha value is -1.69. The Kier molecular flexibility index (Phi) is 5.60. The normalized spacial score (nSPS) is 33.4. The van der Waals surface area contributed by atoms with Crippen LogP contribution in [0.2, 0.25) is 0 Å². The van der Waals surface area contributed by atoms with Crippen molar-refractivity contribution in [3.63, 3.8) is 0 Å². The van der Waals surface area contributed by atoms with Gasteiger partial charge < -0.3 is 9.88 Å². The fraction of sp³-hybridized carbons (Fsp3) is 0.808. The molecule has 32 heavy (non-hydrogen) atoms. The average Bonchev–Trinajstić information content (AvgIpc) is 3.58. The molecule has 174 valence electrons. The van der Waals surface area contributed by atoms with Gasteiger partial charge in [0.15, 0.2) is 0 Å². The molecule has 1 aromatic heterocycles. The SMILES string of the molecule is O=C(C1[C@H]2CCCC[C@H]12)N1CCCC[C@H]1c1nc2c(c(=O)[nH]1)CCN(C1CCCCC1)C2. The monoisotopic (exact) mass is 438 g/mol. The van der Waals surface area contributed by atoms with E-state index in [0.717, 1.165) is 62.4 Å². The Labute approximate surface area is 191 Å². The molecule has 0 radical (unpaired) electrons. The third-order valence-electron chi connectivity index (χ3n) is 9.26. The minimum atomic E-state index is -0.0537. The van der Waals surface area contributed by atoms with E-state index in [1.807, 2.05) is 0 Å². The number of rotatable bonds is 3. The molecule has 6 nitrogen and oxygen atoms in total. The highest BCUT2D eigenvalue weighted by Crippen LogP contribution is 2.56. The van der Waals surface area contributed by atoms with Crippen molar-refractivity contribution in [3.05, 3.63) is 27.4 Å². The van der Waals surface area contributed by atoms with Crippen molar-refractivity contribution < 1.29 is 4.79 Å². The van der Waals surface area contributed by atoms with E-state index in [4.69, 9.17) is 4.98 Å². The summed E-state index contributed by atoms with van der Waals surface area (Å²) in [6.45, 7) is 2.58. The van der Waals surface area contributed by atoms with Gasteiger partial charge in [-0.05, 0) is 63.2 Å². The molecule has 1 saturated heterocycles. The molecule has 1 N–H and O–H groups in total. The zero-order valence-electron chi connectivity index (χ0n) is 19.4. The quantitative estimate of drug-likeness (QED) is 0.776. The van der Waals surface area contributed by atoms with E-state index in [9.17, 15) is 9.59 Å². The number of H-pyrrole nitrogens is 1. The van der Waals surface area contributed by atoms with Gasteiger partial charge in [0.1, 0.15) is 5.82 Å². The highest BCUT2D eigenvalue weighted by molar-refractivity contribution is 5.83. The molecule has 1 aromatic rings. The number of amides is 1. The zero-order valence-corrected chi connectivity index (χ0v) is 19.4. The minimum absolute atomic E-state index is 0.0337. The zero-order chi connectivity index (χ0) is 21.7. The summed E-state index contributed by atoms with van der Waals surface area (Å²) in [6.07, 6.45) is 15.5. The molecule has 4 fully saturated rings. The number of likely N-dealkylation sites (tertiary alicyclic amines) is 1. The van der Waals surface area contributed by atoms with Crippen LogP contribution in [0.25, 0.3) is 0 Å². The molecule has 1 amide bonds. The van der Waals surface area contributed by atoms with Gasteiger partial charge in [-0.3, -0.25) is 14.5 Å². The molecule has 5 aliphatic rings. The van der Waals surface area contributed by atoms with E-state index in [2.05, 4.69) is 14.8 Å². The van der Waals surface area contributed by atoms with Crippen molar-refractivity contribution in [3.8, 4) is 0 Å². The molecule has 6 rings (SSSR count). The van der Waals surface area contributed by atoms with Crippen LogP contribution in [-0.2, 0) is 17.8 Å². The van der Waals surface area contributed by atoms with Crippen molar-refractivity contribution in [2.45, 2.75) is 102 Å². The summed E-state index contributed by atoms with van der Waals surface area (Å²) in [7, 11) is 0. The molecule has 3 saturated carbocycles. The van der Waals surface area contributed by atoms with Gasteiger partial charge in [-0.1, -0.05) is 32.1 Å². The van der Waals surface area contributed by atoms with Crippen LogP contribution in [0.1, 0.15) is 100 Å². The fourth-order valence-corrected chi connectivity index (χ4v) is 7.42. The first-order valence-electron chi connectivity index (χ1n) is 13.4. The van der Waals surface area contributed by atoms with Crippen molar-refractivity contribution in [1.29, 1.82) is 0 Å². The lowest BCUT2D eigenvalue weighted by molar-refractivity contribution is -0.137. The smallest absolute Gasteiger partial charge is 0.254 e. The van der Waals surface area contributed by atoms with Gasteiger partial charge in [-0.15, -0.1) is 0 Å². The predicted octanol–water partition coefficient (Wildman–Crippen LogP) is 3.95. The second kappa shape index (κ2) is 8.58. The lowest BCUT2D eigenvalue weighted by Gasteiger charge is -2.38. The molecular formula is C26H38N4O2. The van der Waals surface area contributed by atoms with Crippen molar-refractivity contribution in [2.24, 2.45) is 17.8 Å². The van der Waals surface area contributed by atoms with Crippen LogP contribution < -0.4 is 5.56 Å².